The van der Waals surface area contributed by atoms with Gasteiger partial charge < -0.3 is 20.3 Å². The van der Waals surface area contributed by atoms with Crippen LogP contribution in [-0.4, -0.2) is 39.2 Å². The van der Waals surface area contributed by atoms with Crippen LogP contribution in [0, 0.1) is 0 Å². The predicted molar refractivity (Wildman–Crippen MR) is 108 cm³/mol. The molecule has 1 aliphatic rings. The lowest BCUT2D eigenvalue weighted by molar-refractivity contribution is 0.235. The van der Waals surface area contributed by atoms with Gasteiger partial charge in [-0.1, -0.05) is 30.3 Å². The Morgan fingerprint density at radius 2 is 1.88 bits per heavy atom. The summed E-state index contributed by atoms with van der Waals surface area (Å²) >= 11 is 0. The molecule has 2 aromatic carbocycles. The summed E-state index contributed by atoms with van der Waals surface area (Å²) in [5.41, 5.74) is 3.67. The third-order valence-electron chi connectivity index (χ3n) is 4.43. The molecule has 0 aromatic heterocycles. The Hall–Kier alpha value is -2.69. The van der Waals surface area contributed by atoms with E-state index in [2.05, 4.69) is 58.9 Å². The number of hydrogen-bond acceptors (Lipinski definition) is 3. The number of rotatable bonds is 6. The molecule has 138 valence electrons. The number of aliphatic imine (C=N–C) groups is 1. The van der Waals surface area contributed by atoms with Crippen LogP contribution >= 0.6 is 0 Å². The highest BCUT2D eigenvalue weighted by molar-refractivity contribution is 5.79. The summed E-state index contributed by atoms with van der Waals surface area (Å²) < 4.78 is 5.98. The van der Waals surface area contributed by atoms with Crippen molar-refractivity contribution in [1.29, 1.82) is 0 Å². The summed E-state index contributed by atoms with van der Waals surface area (Å²) in [5.74, 6) is 1.82. The van der Waals surface area contributed by atoms with Crippen LogP contribution in [0.2, 0.25) is 0 Å². The van der Waals surface area contributed by atoms with E-state index in [1.54, 1.807) is 0 Å². The molecule has 3 rings (SSSR count). The molecule has 0 fully saturated rings. The number of hydrogen-bond donors (Lipinski definition) is 2. The van der Waals surface area contributed by atoms with Gasteiger partial charge in [0.15, 0.2) is 5.96 Å². The molecule has 1 atom stereocenters. The number of anilines is 1. The van der Waals surface area contributed by atoms with Crippen LogP contribution in [0.1, 0.15) is 18.1 Å². The molecule has 26 heavy (non-hydrogen) atoms. The molecule has 0 saturated carbocycles. The molecule has 5 heteroatoms. The Balaban J connectivity index is 1.54. The molecule has 1 aliphatic heterocycles. The summed E-state index contributed by atoms with van der Waals surface area (Å²) in [6.07, 6.45) is 1.09. The third-order valence-corrected chi connectivity index (χ3v) is 4.43. The van der Waals surface area contributed by atoms with Crippen molar-refractivity contribution in [1.82, 2.24) is 10.6 Å². The number of benzene rings is 2. The maximum Gasteiger partial charge on any atom is 0.191 e. The molecule has 0 amide bonds. The van der Waals surface area contributed by atoms with E-state index in [1.807, 2.05) is 26.2 Å². The molecule has 1 heterocycles. The van der Waals surface area contributed by atoms with Gasteiger partial charge in [0.2, 0.25) is 0 Å². The van der Waals surface area contributed by atoms with Crippen molar-refractivity contribution in [2.75, 3.05) is 32.1 Å². The van der Waals surface area contributed by atoms with E-state index >= 15 is 0 Å². The second-order valence-corrected chi connectivity index (χ2v) is 6.69. The molecule has 2 aromatic rings. The summed E-state index contributed by atoms with van der Waals surface area (Å²) in [7, 11) is 4.09. The van der Waals surface area contributed by atoms with Crippen LogP contribution in [0.4, 0.5) is 5.69 Å². The monoisotopic (exact) mass is 352 g/mol. The Bertz CT molecular complexity index is 715. The molecule has 0 spiro atoms. The fraction of sp³-hybridized carbons (Fsp3) is 0.381. The van der Waals surface area contributed by atoms with E-state index in [0.717, 1.165) is 31.2 Å². The second kappa shape index (κ2) is 8.61. The zero-order chi connectivity index (χ0) is 18.4. The van der Waals surface area contributed by atoms with Gasteiger partial charge in [0.1, 0.15) is 11.9 Å². The van der Waals surface area contributed by atoms with Gasteiger partial charge in [-0.05, 0) is 36.2 Å². The fourth-order valence-electron chi connectivity index (χ4n) is 2.99. The maximum atomic E-state index is 5.98. The Kier molecular flexibility index (Phi) is 6.00. The first-order valence-electron chi connectivity index (χ1n) is 9.18. The van der Waals surface area contributed by atoms with Crippen LogP contribution in [0.5, 0.6) is 5.75 Å². The Labute approximate surface area is 156 Å². The first kappa shape index (κ1) is 18.1. The number of nitrogens with one attached hydrogen (secondary N) is 2. The Morgan fingerprint density at radius 3 is 2.58 bits per heavy atom. The van der Waals surface area contributed by atoms with Gasteiger partial charge in [0.05, 0.1) is 13.1 Å². The lowest BCUT2D eigenvalue weighted by Crippen LogP contribution is -2.42. The predicted octanol–water partition coefficient (Wildman–Crippen LogP) is 2.81. The van der Waals surface area contributed by atoms with E-state index in [9.17, 15) is 0 Å². The van der Waals surface area contributed by atoms with Gasteiger partial charge in [-0.15, -0.1) is 0 Å². The summed E-state index contributed by atoms with van der Waals surface area (Å²) in [4.78, 5) is 6.79. The highest BCUT2D eigenvalue weighted by Gasteiger charge is 2.22. The molecular formula is C21H28N4O. The van der Waals surface area contributed by atoms with Crippen molar-refractivity contribution in [2.45, 2.75) is 26.0 Å². The number of ether oxygens (including phenoxy) is 1. The lowest BCUT2D eigenvalue weighted by Gasteiger charge is -2.15. The maximum absolute atomic E-state index is 5.98. The molecule has 0 saturated heterocycles. The van der Waals surface area contributed by atoms with Crippen molar-refractivity contribution in [3.05, 3.63) is 59.7 Å². The minimum atomic E-state index is 0.149. The van der Waals surface area contributed by atoms with Crippen molar-refractivity contribution in [3.63, 3.8) is 0 Å². The minimum absolute atomic E-state index is 0.149. The van der Waals surface area contributed by atoms with Crippen LogP contribution in [0.3, 0.4) is 0 Å². The number of guanidine groups is 1. The molecule has 0 bridgehead atoms. The Morgan fingerprint density at radius 1 is 1.12 bits per heavy atom. The zero-order valence-electron chi connectivity index (χ0n) is 15.8. The van der Waals surface area contributed by atoms with Gasteiger partial charge in [0.25, 0.3) is 0 Å². The standard InChI is InChI=1S/C21H28N4O/c1-4-22-21(23-14-16-9-11-18(12-10-16)25(2)3)24-15-19-13-17-7-5-6-8-20(17)26-19/h5-12,19H,4,13-15H2,1-3H3,(H2,22,23,24). The van der Waals surface area contributed by atoms with Crippen molar-refractivity contribution >= 4 is 11.6 Å². The molecule has 0 aliphatic carbocycles. The largest absolute Gasteiger partial charge is 0.488 e. The van der Waals surface area contributed by atoms with Crippen LogP contribution in [-0.2, 0) is 13.0 Å². The van der Waals surface area contributed by atoms with Gasteiger partial charge in [-0.25, -0.2) is 4.99 Å². The third kappa shape index (κ3) is 4.69. The normalized spacial score (nSPS) is 16.0. The topological polar surface area (TPSA) is 48.9 Å². The molecule has 2 N–H and O–H groups in total. The summed E-state index contributed by atoms with van der Waals surface area (Å²) in [5, 5.41) is 6.71. The van der Waals surface area contributed by atoms with Gasteiger partial charge in [-0.3, -0.25) is 0 Å². The molecule has 5 nitrogen and oxygen atoms in total. The molecule has 1 unspecified atom stereocenters. The van der Waals surface area contributed by atoms with Crippen LogP contribution in [0.15, 0.2) is 53.5 Å². The molecular weight excluding hydrogens is 324 g/mol. The highest BCUT2D eigenvalue weighted by Crippen LogP contribution is 2.27. The SMILES string of the molecule is CCNC(=NCc1ccc(N(C)C)cc1)NCC1Cc2ccccc2O1. The van der Waals surface area contributed by atoms with E-state index < -0.39 is 0 Å². The van der Waals surface area contributed by atoms with E-state index in [-0.39, 0.29) is 6.10 Å². The first-order valence-corrected chi connectivity index (χ1v) is 9.18. The number of fused-ring (bicyclic) bond motifs is 1. The minimum Gasteiger partial charge on any atom is -0.488 e. The van der Waals surface area contributed by atoms with Gasteiger partial charge in [-0.2, -0.15) is 0 Å². The van der Waals surface area contributed by atoms with Crippen LogP contribution < -0.4 is 20.3 Å². The van der Waals surface area contributed by atoms with E-state index in [1.165, 1.54) is 16.8 Å². The van der Waals surface area contributed by atoms with E-state index in [4.69, 9.17) is 9.73 Å². The number of nitrogens with zero attached hydrogens (tertiary/aromatic N) is 2. The van der Waals surface area contributed by atoms with E-state index in [0.29, 0.717) is 6.54 Å². The summed E-state index contributed by atoms with van der Waals surface area (Å²) in [6.45, 7) is 4.29. The smallest absolute Gasteiger partial charge is 0.191 e. The van der Waals surface area contributed by atoms with Gasteiger partial charge >= 0.3 is 0 Å². The molecule has 0 radical (unpaired) electrons. The van der Waals surface area contributed by atoms with Crippen LogP contribution in [0.25, 0.3) is 0 Å². The fourth-order valence-corrected chi connectivity index (χ4v) is 2.99. The lowest BCUT2D eigenvalue weighted by atomic mass is 10.1. The summed E-state index contributed by atoms with van der Waals surface area (Å²) in [6, 6.07) is 16.7. The van der Waals surface area contributed by atoms with Crippen molar-refractivity contribution in [3.8, 4) is 5.75 Å². The van der Waals surface area contributed by atoms with Crippen molar-refractivity contribution < 1.29 is 4.74 Å². The highest BCUT2D eigenvalue weighted by atomic mass is 16.5. The zero-order valence-corrected chi connectivity index (χ0v) is 15.8. The average molecular weight is 352 g/mol. The van der Waals surface area contributed by atoms with Crippen molar-refractivity contribution in [2.24, 2.45) is 4.99 Å². The van der Waals surface area contributed by atoms with Gasteiger partial charge in [0, 0.05) is 32.7 Å². The number of para-hydroxylation sites is 1. The first-order chi connectivity index (χ1) is 12.7. The second-order valence-electron chi connectivity index (χ2n) is 6.69. The average Bonchev–Trinajstić information content (AvgIpc) is 3.07. The quantitative estimate of drug-likeness (QED) is 0.620.